The minimum atomic E-state index is -0.709. The van der Waals surface area contributed by atoms with Gasteiger partial charge in [0.1, 0.15) is 6.07 Å². The number of esters is 1. The van der Waals surface area contributed by atoms with Crippen LogP contribution in [-0.2, 0) is 9.53 Å². The summed E-state index contributed by atoms with van der Waals surface area (Å²) in [4.78, 5) is 25.4. The van der Waals surface area contributed by atoms with Crippen molar-refractivity contribution in [2.45, 2.75) is 12.8 Å². The molecular formula is C16H17N3O3. The van der Waals surface area contributed by atoms with Crippen molar-refractivity contribution in [3.63, 3.8) is 0 Å². The number of nitrogens with one attached hydrogen (secondary N) is 1. The van der Waals surface area contributed by atoms with E-state index in [0.717, 1.165) is 25.9 Å². The molecule has 22 heavy (non-hydrogen) atoms. The maximum Gasteiger partial charge on any atom is 0.350 e. The number of carbonyl (C=O) groups excluding carboxylic acids is 2. The second-order valence-electron chi connectivity index (χ2n) is 4.89. The molecule has 0 aromatic heterocycles. The first-order valence-corrected chi connectivity index (χ1v) is 7.00. The number of rotatable bonds is 4. The third kappa shape index (κ3) is 3.64. The van der Waals surface area contributed by atoms with Gasteiger partial charge in [0.25, 0.3) is 5.91 Å². The highest BCUT2D eigenvalue weighted by Gasteiger charge is 2.19. The predicted octanol–water partition coefficient (Wildman–Crippen LogP) is 1.91. The third-order valence-corrected chi connectivity index (χ3v) is 3.41. The lowest BCUT2D eigenvalue weighted by Crippen LogP contribution is -2.27. The SMILES string of the molecule is COC(=O)/C(C#N)=C\Nc1cccc(C(=O)N2CCCC2)c1. The molecule has 0 aliphatic carbocycles. The molecule has 1 saturated heterocycles. The minimum Gasteiger partial charge on any atom is -0.465 e. The molecule has 1 N–H and O–H groups in total. The lowest BCUT2D eigenvalue weighted by molar-refractivity contribution is -0.135. The van der Waals surface area contributed by atoms with Gasteiger partial charge in [-0.05, 0) is 31.0 Å². The number of hydrogen-bond acceptors (Lipinski definition) is 5. The molecule has 114 valence electrons. The summed E-state index contributed by atoms with van der Waals surface area (Å²) < 4.78 is 4.49. The van der Waals surface area contributed by atoms with Gasteiger partial charge in [0.05, 0.1) is 7.11 Å². The minimum absolute atomic E-state index is 0.00129. The van der Waals surface area contributed by atoms with E-state index < -0.39 is 5.97 Å². The summed E-state index contributed by atoms with van der Waals surface area (Å²) in [7, 11) is 1.21. The Morgan fingerprint density at radius 3 is 2.73 bits per heavy atom. The van der Waals surface area contributed by atoms with Crippen LogP contribution in [0.25, 0.3) is 0 Å². The van der Waals surface area contributed by atoms with Crippen LogP contribution in [0.1, 0.15) is 23.2 Å². The molecule has 0 atom stereocenters. The molecular weight excluding hydrogens is 282 g/mol. The fraction of sp³-hybridized carbons (Fsp3) is 0.312. The maximum atomic E-state index is 12.3. The van der Waals surface area contributed by atoms with Gasteiger partial charge < -0.3 is 15.0 Å². The first-order chi connectivity index (χ1) is 10.7. The molecule has 1 fully saturated rings. The summed E-state index contributed by atoms with van der Waals surface area (Å²) in [5.41, 5.74) is 1.07. The molecule has 0 radical (unpaired) electrons. The fourth-order valence-corrected chi connectivity index (χ4v) is 2.25. The highest BCUT2D eigenvalue weighted by molar-refractivity contribution is 5.95. The number of nitriles is 1. The summed E-state index contributed by atoms with van der Waals surface area (Å²) in [5, 5.41) is 11.7. The lowest BCUT2D eigenvalue weighted by Gasteiger charge is -2.15. The number of anilines is 1. The van der Waals surface area contributed by atoms with Crippen molar-refractivity contribution in [3.05, 3.63) is 41.6 Å². The zero-order valence-electron chi connectivity index (χ0n) is 12.3. The zero-order chi connectivity index (χ0) is 15.9. The van der Waals surface area contributed by atoms with Gasteiger partial charge in [-0.2, -0.15) is 5.26 Å². The second kappa shape index (κ2) is 7.27. The molecule has 6 nitrogen and oxygen atoms in total. The van der Waals surface area contributed by atoms with E-state index in [4.69, 9.17) is 5.26 Å². The van der Waals surface area contributed by atoms with Crippen LogP contribution in [0.2, 0.25) is 0 Å². The van der Waals surface area contributed by atoms with E-state index in [-0.39, 0.29) is 11.5 Å². The van der Waals surface area contributed by atoms with Crippen LogP contribution in [0.5, 0.6) is 0 Å². The van der Waals surface area contributed by atoms with Gasteiger partial charge >= 0.3 is 5.97 Å². The molecule has 1 aliphatic rings. The highest BCUT2D eigenvalue weighted by Crippen LogP contribution is 2.16. The van der Waals surface area contributed by atoms with Crippen molar-refractivity contribution in [3.8, 4) is 6.07 Å². The number of benzene rings is 1. The van der Waals surface area contributed by atoms with Crippen LogP contribution in [0.15, 0.2) is 36.0 Å². The van der Waals surface area contributed by atoms with E-state index in [1.807, 2.05) is 4.90 Å². The predicted molar refractivity (Wildman–Crippen MR) is 80.9 cm³/mol. The normalized spacial score (nSPS) is 14.4. The van der Waals surface area contributed by atoms with Crippen molar-refractivity contribution in [2.24, 2.45) is 0 Å². The largest absolute Gasteiger partial charge is 0.465 e. The van der Waals surface area contributed by atoms with Crippen molar-refractivity contribution in [2.75, 3.05) is 25.5 Å². The quantitative estimate of drug-likeness (QED) is 0.522. The van der Waals surface area contributed by atoms with Crippen LogP contribution in [0, 0.1) is 11.3 Å². The number of amides is 1. The fourth-order valence-electron chi connectivity index (χ4n) is 2.25. The number of ether oxygens (including phenoxy) is 1. The zero-order valence-corrected chi connectivity index (χ0v) is 12.3. The van der Waals surface area contributed by atoms with Crippen LogP contribution in [0.3, 0.4) is 0 Å². The number of nitrogens with zero attached hydrogens (tertiary/aromatic N) is 2. The van der Waals surface area contributed by atoms with E-state index in [0.29, 0.717) is 11.3 Å². The van der Waals surface area contributed by atoms with Gasteiger partial charge in [-0.25, -0.2) is 4.79 Å². The Hall–Kier alpha value is -2.81. The summed E-state index contributed by atoms with van der Waals surface area (Å²) in [6, 6.07) is 8.71. The van der Waals surface area contributed by atoms with Crippen LogP contribution in [0.4, 0.5) is 5.69 Å². The number of carbonyl (C=O) groups is 2. The standard InChI is InChI=1S/C16H17N3O3/c1-22-16(21)13(10-17)11-18-14-6-4-5-12(9-14)15(20)19-7-2-3-8-19/h4-6,9,11,18H,2-3,7-8H2,1H3/b13-11-. The Labute approximate surface area is 129 Å². The summed E-state index contributed by atoms with van der Waals surface area (Å²) in [5.74, 6) is -0.710. The van der Waals surface area contributed by atoms with E-state index in [2.05, 4.69) is 10.1 Å². The second-order valence-corrected chi connectivity index (χ2v) is 4.89. The Morgan fingerprint density at radius 1 is 1.36 bits per heavy atom. The average Bonchev–Trinajstić information content (AvgIpc) is 3.09. The number of methoxy groups -OCH3 is 1. The molecule has 1 amide bonds. The van der Waals surface area contributed by atoms with Gasteiger partial charge in [0.2, 0.25) is 0 Å². The van der Waals surface area contributed by atoms with Gasteiger partial charge in [0.15, 0.2) is 5.57 Å². The lowest BCUT2D eigenvalue weighted by atomic mass is 10.1. The first kappa shape index (κ1) is 15.6. The Kier molecular flexibility index (Phi) is 5.15. The average molecular weight is 299 g/mol. The van der Waals surface area contributed by atoms with Gasteiger partial charge in [-0.1, -0.05) is 6.07 Å². The molecule has 6 heteroatoms. The van der Waals surface area contributed by atoms with E-state index >= 15 is 0 Å². The molecule has 0 bridgehead atoms. The van der Waals surface area contributed by atoms with E-state index in [9.17, 15) is 9.59 Å². The van der Waals surface area contributed by atoms with Crippen molar-refractivity contribution < 1.29 is 14.3 Å². The molecule has 1 heterocycles. The van der Waals surface area contributed by atoms with E-state index in [1.54, 1.807) is 30.3 Å². The Bertz CT molecular complexity index is 640. The molecule has 0 spiro atoms. The highest BCUT2D eigenvalue weighted by atomic mass is 16.5. The molecule has 1 aromatic carbocycles. The topological polar surface area (TPSA) is 82.4 Å². The van der Waals surface area contributed by atoms with Crippen LogP contribution >= 0.6 is 0 Å². The number of likely N-dealkylation sites (tertiary alicyclic amines) is 1. The molecule has 0 saturated carbocycles. The van der Waals surface area contributed by atoms with Crippen molar-refractivity contribution in [1.29, 1.82) is 5.26 Å². The van der Waals surface area contributed by atoms with E-state index in [1.165, 1.54) is 13.3 Å². The smallest absolute Gasteiger partial charge is 0.350 e. The summed E-state index contributed by atoms with van der Waals surface area (Å²) in [6.07, 6.45) is 3.35. The summed E-state index contributed by atoms with van der Waals surface area (Å²) >= 11 is 0. The Morgan fingerprint density at radius 2 is 2.09 bits per heavy atom. The molecule has 1 aromatic rings. The van der Waals surface area contributed by atoms with Crippen molar-refractivity contribution >= 4 is 17.6 Å². The van der Waals surface area contributed by atoms with Crippen LogP contribution in [-0.4, -0.2) is 37.0 Å². The summed E-state index contributed by atoms with van der Waals surface area (Å²) in [6.45, 7) is 1.58. The van der Waals surface area contributed by atoms with Gasteiger partial charge in [-0.15, -0.1) is 0 Å². The molecule has 1 aliphatic heterocycles. The van der Waals surface area contributed by atoms with Gasteiger partial charge in [0, 0.05) is 30.5 Å². The third-order valence-electron chi connectivity index (χ3n) is 3.41. The van der Waals surface area contributed by atoms with Crippen molar-refractivity contribution in [1.82, 2.24) is 4.90 Å². The molecule has 2 rings (SSSR count). The van der Waals surface area contributed by atoms with Gasteiger partial charge in [-0.3, -0.25) is 4.79 Å². The van der Waals surface area contributed by atoms with Crippen LogP contribution < -0.4 is 5.32 Å². The first-order valence-electron chi connectivity index (χ1n) is 7.00. The molecule has 0 unspecified atom stereocenters. The monoisotopic (exact) mass is 299 g/mol. The maximum absolute atomic E-state index is 12.3. The Balaban J connectivity index is 2.11. The number of hydrogen-bond donors (Lipinski definition) is 1.